The fourth-order valence-corrected chi connectivity index (χ4v) is 3.50. The van der Waals surface area contributed by atoms with Gasteiger partial charge in [0.05, 0.1) is 28.3 Å². The van der Waals surface area contributed by atoms with Gasteiger partial charge in [0, 0.05) is 24.4 Å². The lowest BCUT2D eigenvalue weighted by Gasteiger charge is -2.10. The molecule has 3 aromatic rings. The Morgan fingerprint density at radius 2 is 2.04 bits per heavy atom. The molecule has 0 unspecified atom stereocenters. The number of aliphatic imine (C=N–C) groups is 1. The summed E-state index contributed by atoms with van der Waals surface area (Å²) in [5.41, 5.74) is 3.16. The molecule has 2 heterocycles. The smallest absolute Gasteiger partial charge is 0.191 e. The maximum atomic E-state index is 4.67. The summed E-state index contributed by atoms with van der Waals surface area (Å²) in [6, 6.07) is 8.09. The van der Waals surface area contributed by atoms with E-state index in [0.29, 0.717) is 6.54 Å². The van der Waals surface area contributed by atoms with Crippen molar-refractivity contribution >= 4 is 28.3 Å². The minimum atomic E-state index is 0.650. The fourth-order valence-electron chi connectivity index (χ4n) is 2.64. The van der Waals surface area contributed by atoms with Gasteiger partial charge >= 0.3 is 0 Å². The number of para-hydroxylation sites is 2. The van der Waals surface area contributed by atoms with Crippen molar-refractivity contribution in [1.82, 2.24) is 25.6 Å². The number of aromatic amines is 1. The van der Waals surface area contributed by atoms with Crippen molar-refractivity contribution in [1.29, 1.82) is 0 Å². The van der Waals surface area contributed by atoms with Gasteiger partial charge in [-0.1, -0.05) is 12.1 Å². The van der Waals surface area contributed by atoms with E-state index in [1.54, 1.807) is 11.3 Å². The Bertz CT molecular complexity index is 830. The third-order valence-electron chi connectivity index (χ3n) is 3.82. The maximum absolute atomic E-state index is 4.67. The molecule has 7 heteroatoms. The molecule has 2 aromatic heterocycles. The zero-order valence-corrected chi connectivity index (χ0v) is 15.7. The van der Waals surface area contributed by atoms with Crippen LogP contribution >= 0.6 is 11.3 Å². The molecule has 0 atom stereocenters. The number of aromatic nitrogens is 3. The molecule has 0 aliphatic heterocycles. The zero-order valence-electron chi connectivity index (χ0n) is 14.9. The lowest BCUT2D eigenvalue weighted by Crippen LogP contribution is -2.38. The van der Waals surface area contributed by atoms with Gasteiger partial charge in [0.25, 0.3) is 0 Å². The highest BCUT2D eigenvalue weighted by molar-refractivity contribution is 7.11. The van der Waals surface area contributed by atoms with Crippen LogP contribution in [-0.4, -0.2) is 34.0 Å². The second-order valence-corrected chi connectivity index (χ2v) is 7.10. The molecule has 0 bridgehead atoms. The number of thiazole rings is 1. The Morgan fingerprint density at radius 1 is 1.20 bits per heavy atom. The van der Waals surface area contributed by atoms with Gasteiger partial charge in [-0.15, -0.1) is 11.3 Å². The van der Waals surface area contributed by atoms with Crippen molar-refractivity contribution in [2.75, 3.05) is 13.1 Å². The fraction of sp³-hybridized carbons (Fsp3) is 0.389. The van der Waals surface area contributed by atoms with Crippen molar-refractivity contribution in [3.63, 3.8) is 0 Å². The predicted octanol–water partition coefficient (Wildman–Crippen LogP) is 2.93. The molecule has 1 aromatic carbocycles. The van der Waals surface area contributed by atoms with Gasteiger partial charge in [-0.25, -0.2) is 15.0 Å². The largest absolute Gasteiger partial charge is 0.357 e. The van der Waals surface area contributed by atoms with Crippen molar-refractivity contribution < 1.29 is 0 Å². The van der Waals surface area contributed by atoms with Crippen LogP contribution in [0.25, 0.3) is 11.0 Å². The first-order valence-electron chi connectivity index (χ1n) is 8.54. The summed E-state index contributed by atoms with van der Waals surface area (Å²) in [6.45, 7) is 8.39. The van der Waals surface area contributed by atoms with Crippen LogP contribution in [0.3, 0.4) is 0 Å². The molecule has 0 amide bonds. The SMILES string of the molecule is CCNC(=NCc1sc(C)nc1C)NCCc1nc2ccccc2[nH]1. The second kappa shape index (κ2) is 8.11. The standard InChI is InChI=1S/C18H24N6S/c1-4-19-18(21-11-16-12(2)22-13(3)25-16)20-10-9-17-23-14-7-5-6-8-15(14)24-17/h5-8H,4,9-11H2,1-3H3,(H,23,24)(H2,19,20,21). The average molecular weight is 356 g/mol. The van der Waals surface area contributed by atoms with Crippen LogP contribution in [0.1, 0.15) is 28.3 Å². The van der Waals surface area contributed by atoms with Crippen LogP contribution in [0, 0.1) is 13.8 Å². The van der Waals surface area contributed by atoms with Crippen molar-refractivity contribution in [2.45, 2.75) is 33.7 Å². The summed E-state index contributed by atoms with van der Waals surface area (Å²) in [7, 11) is 0. The van der Waals surface area contributed by atoms with Crippen LogP contribution in [0.5, 0.6) is 0 Å². The minimum absolute atomic E-state index is 0.650. The van der Waals surface area contributed by atoms with E-state index < -0.39 is 0 Å². The Kier molecular flexibility index (Phi) is 5.65. The highest BCUT2D eigenvalue weighted by atomic mass is 32.1. The van der Waals surface area contributed by atoms with E-state index in [0.717, 1.165) is 53.0 Å². The van der Waals surface area contributed by atoms with Crippen molar-refractivity contribution in [2.24, 2.45) is 4.99 Å². The number of fused-ring (bicyclic) bond motifs is 1. The third-order valence-corrected chi connectivity index (χ3v) is 4.87. The Morgan fingerprint density at radius 3 is 2.76 bits per heavy atom. The summed E-state index contributed by atoms with van der Waals surface area (Å²) in [5.74, 6) is 1.81. The first-order chi connectivity index (χ1) is 12.2. The van der Waals surface area contributed by atoms with E-state index >= 15 is 0 Å². The number of hydrogen-bond acceptors (Lipinski definition) is 4. The molecule has 0 saturated carbocycles. The van der Waals surface area contributed by atoms with Crippen LogP contribution in [0.4, 0.5) is 0 Å². The van der Waals surface area contributed by atoms with E-state index in [1.165, 1.54) is 4.88 Å². The topological polar surface area (TPSA) is 78.0 Å². The normalized spacial score (nSPS) is 11.9. The number of benzene rings is 1. The first kappa shape index (κ1) is 17.4. The van der Waals surface area contributed by atoms with Crippen LogP contribution in [-0.2, 0) is 13.0 Å². The van der Waals surface area contributed by atoms with Gasteiger partial charge in [-0.05, 0) is 32.9 Å². The van der Waals surface area contributed by atoms with E-state index in [1.807, 2.05) is 38.1 Å². The van der Waals surface area contributed by atoms with Gasteiger partial charge < -0.3 is 15.6 Å². The molecule has 0 fully saturated rings. The lowest BCUT2D eigenvalue weighted by molar-refractivity contribution is 0.780. The molecule has 0 radical (unpaired) electrons. The van der Waals surface area contributed by atoms with E-state index in [9.17, 15) is 0 Å². The van der Waals surface area contributed by atoms with Gasteiger partial charge in [0.1, 0.15) is 5.82 Å². The highest BCUT2D eigenvalue weighted by Crippen LogP contribution is 2.17. The Hall–Kier alpha value is -2.41. The zero-order chi connectivity index (χ0) is 17.6. The number of rotatable bonds is 6. The molecule has 0 aliphatic carbocycles. The third kappa shape index (κ3) is 4.57. The maximum Gasteiger partial charge on any atom is 0.191 e. The van der Waals surface area contributed by atoms with Gasteiger partial charge in [0.2, 0.25) is 0 Å². The monoisotopic (exact) mass is 356 g/mol. The number of aryl methyl sites for hydroxylation is 2. The minimum Gasteiger partial charge on any atom is -0.357 e. The van der Waals surface area contributed by atoms with Gasteiger partial charge in [-0.3, -0.25) is 0 Å². The number of guanidine groups is 1. The molecule has 3 N–H and O–H groups in total. The van der Waals surface area contributed by atoms with E-state index in [-0.39, 0.29) is 0 Å². The van der Waals surface area contributed by atoms with Crippen LogP contribution in [0.15, 0.2) is 29.3 Å². The van der Waals surface area contributed by atoms with Gasteiger partial charge in [0.15, 0.2) is 5.96 Å². The first-order valence-corrected chi connectivity index (χ1v) is 9.36. The Balaban J connectivity index is 1.57. The summed E-state index contributed by atoms with van der Waals surface area (Å²) in [6.07, 6.45) is 0.817. The molecule has 132 valence electrons. The molecule has 3 rings (SSSR count). The highest BCUT2D eigenvalue weighted by Gasteiger charge is 2.06. The summed E-state index contributed by atoms with van der Waals surface area (Å²) >= 11 is 1.71. The second-order valence-electron chi connectivity index (χ2n) is 5.81. The Labute approximate surface area is 151 Å². The summed E-state index contributed by atoms with van der Waals surface area (Å²) < 4.78 is 0. The molecule has 0 saturated heterocycles. The molecule has 6 nitrogen and oxygen atoms in total. The van der Waals surface area contributed by atoms with Gasteiger partial charge in [-0.2, -0.15) is 0 Å². The summed E-state index contributed by atoms with van der Waals surface area (Å²) in [5, 5.41) is 7.75. The van der Waals surface area contributed by atoms with Crippen molar-refractivity contribution in [3.05, 3.63) is 45.7 Å². The lowest BCUT2D eigenvalue weighted by atomic mass is 10.3. The molecule has 0 spiro atoms. The van der Waals surface area contributed by atoms with E-state index in [2.05, 4.69) is 37.5 Å². The quantitative estimate of drug-likeness (QED) is 0.469. The molecule has 0 aliphatic rings. The molecular weight excluding hydrogens is 332 g/mol. The van der Waals surface area contributed by atoms with Crippen molar-refractivity contribution in [3.8, 4) is 0 Å². The van der Waals surface area contributed by atoms with Crippen LogP contribution in [0.2, 0.25) is 0 Å². The number of nitrogens with zero attached hydrogens (tertiary/aromatic N) is 3. The molecule has 25 heavy (non-hydrogen) atoms. The number of hydrogen-bond donors (Lipinski definition) is 3. The number of imidazole rings is 1. The predicted molar refractivity (Wildman–Crippen MR) is 104 cm³/mol. The number of nitrogens with one attached hydrogen (secondary N) is 3. The van der Waals surface area contributed by atoms with E-state index in [4.69, 9.17) is 0 Å². The summed E-state index contributed by atoms with van der Waals surface area (Å²) in [4.78, 5) is 18.3. The van der Waals surface area contributed by atoms with Crippen LogP contribution < -0.4 is 10.6 Å². The molecular formula is C18H24N6S. The average Bonchev–Trinajstić information content (AvgIpc) is 3.14. The number of H-pyrrole nitrogens is 1.